The highest BCUT2D eigenvalue weighted by Crippen LogP contribution is 2.21. The third-order valence-electron chi connectivity index (χ3n) is 3.64. The smallest absolute Gasteiger partial charge is 0.216 e. The van der Waals surface area contributed by atoms with Crippen molar-refractivity contribution in [3.8, 4) is 11.3 Å². The van der Waals surface area contributed by atoms with Crippen LogP contribution in [0.1, 0.15) is 16.1 Å². The summed E-state index contributed by atoms with van der Waals surface area (Å²) in [6, 6.07) is 10.3. The second-order valence-corrected chi connectivity index (χ2v) is 5.11. The molecule has 7 heteroatoms. The van der Waals surface area contributed by atoms with Crippen LogP contribution in [0.3, 0.4) is 0 Å². The van der Waals surface area contributed by atoms with Crippen LogP contribution in [0.15, 0.2) is 67.4 Å². The highest BCUT2D eigenvalue weighted by Gasteiger charge is 2.18. The molecule has 4 rings (SSSR count). The Balaban J connectivity index is 1.85. The van der Waals surface area contributed by atoms with Gasteiger partial charge in [0.05, 0.1) is 17.5 Å². The Kier molecular flexibility index (Phi) is 3.24. The van der Waals surface area contributed by atoms with Crippen LogP contribution in [-0.4, -0.2) is 25.4 Å². The minimum Gasteiger partial charge on any atom is -0.619 e. The maximum atomic E-state index is 12.6. The molecule has 0 N–H and O–H groups in total. The summed E-state index contributed by atoms with van der Waals surface area (Å²) in [6.07, 6.45) is 7.48. The zero-order chi connectivity index (χ0) is 16.5. The first kappa shape index (κ1) is 14.0. The van der Waals surface area contributed by atoms with Crippen molar-refractivity contribution in [1.82, 2.24) is 19.6 Å². The number of hydrogen-bond acceptors (Lipinski definition) is 5. The van der Waals surface area contributed by atoms with Crippen LogP contribution in [0.4, 0.5) is 0 Å². The fourth-order valence-electron chi connectivity index (χ4n) is 2.49. The third kappa shape index (κ3) is 2.28. The first-order chi connectivity index (χ1) is 11.7. The highest BCUT2D eigenvalue weighted by atomic mass is 16.5. The SMILES string of the molecule is O=C(c1ccccn1)c1cnn2c(-c3cc[n+]([O-])cc3)ccnc12. The van der Waals surface area contributed by atoms with Gasteiger partial charge in [-0.25, -0.2) is 9.50 Å². The summed E-state index contributed by atoms with van der Waals surface area (Å²) in [4.78, 5) is 21.0. The Morgan fingerprint density at radius 1 is 1.04 bits per heavy atom. The van der Waals surface area contributed by atoms with Gasteiger partial charge in [-0.3, -0.25) is 9.78 Å². The number of fused-ring (bicyclic) bond motifs is 1. The summed E-state index contributed by atoms with van der Waals surface area (Å²) < 4.78 is 2.29. The molecule has 0 spiro atoms. The molecule has 0 saturated heterocycles. The molecule has 4 aromatic rings. The van der Waals surface area contributed by atoms with Gasteiger partial charge in [-0.05, 0) is 18.2 Å². The molecular weight excluding hydrogens is 306 g/mol. The third-order valence-corrected chi connectivity index (χ3v) is 3.64. The van der Waals surface area contributed by atoms with Crippen molar-refractivity contribution in [2.75, 3.05) is 0 Å². The van der Waals surface area contributed by atoms with E-state index in [4.69, 9.17) is 0 Å². The van der Waals surface area contributed by atoms with E-state index >= 15 is 0 Å². The highest BCUT2D eigenvalue weighted by molar-refractivity contribution is 6.11. The van der Waals surface area contributed by atoms with E-state index in [1.807, 2.05) is 0 Å². The van der Waals surface area contributed by atoms with Crippen molar-refractivity contribution in [2.45, 2.75) is 0 Å². The number of carbonyl (C=O) groups is 1. The van der Waals surface area contributed by atoms with E-state index in [1.165, 1.54) is 18.6 Å². The number of rotatable bonds is 3. The predicted octanol–water partition coefficient (Wildman–Crippen LogP) is 1.66. The van der Waals surface area contributed by atoms with E-state index in [9.17, 15) is 10.0 Å². The molecule has 24 heavy (non-hydrogen) atoms. The molecule has 4 aromatic heterocycles. The second-order valence-electron chi connectivity index (χ2n) is 5.11. The maximum Gasteiger partial charge on any atom is 0.216 e. The molecule has 0 radical (unpaired) electrons. The standard InChI is InChI=1S/C17H11N5O2/c23-16(14-3-1-2-7-18-14)13-11-20-22-15(4-8-19-17(13)22)12-5-9-21(24)10-6-12/h1-11H. The first-order valence-electron chi connectivity index (χ1n) is 7.22. The number of hydrogen-bond donors (Lipinski definition) is 0. The van der Waals surface area contributed by atoms with Gasteiger partial charge >= 0.3 is 0 Å². The van der Waals surface area contributed by atoms with Gasteiger partial charge < -0.3 is 5.21 Å². The van der Waals surface area contributed by atoms with Crippen molar-refractivity contribution in [3.05, 3.63) is 83.8 Å². The zero-order valence-electron chi connectivity index (χ0n) is 12.4. The summed E-state index contributed by atoms with van der Waals surface area (Å²) >= 11 is 0. The zero-order valence-corrected chi connectivity index (χ0v) is 12.4. The Morgan fingerprint density at radius 3 is 2.62 bits per heavy atom. The molecule has 7 nitrogen and oxygen atoms in total. The number of carbonyl (C=O) groups excluding carboxylic acids is 1. The van der Waals surface area contributed by atoms with Gasteiger partial charge in [-0.2, -0.15) is 9.83 Å². The van der Waals surface area contributed by atoms with E-state index in [2.05, 4.69) is 15.1 Å². The minimum absolute atomic E-state index is 0.235. The van der Waals surface area contributed by atoms with E-state index in [0.29, 0.717) is 21.6 Å². The molecule has 0 atom stereocenters. The normalized spacial score (nSPS) is 10.8. The Hall–Kier alpha value is -3.61. The van der Waals surface area contributed by atoms with E-state index in [0.717, 1.165) is 11.3 Å². The fourth-order valence-corrected chi connectivity index (χ4v) is 2.49. The van der Waals surface area contributed by atoms with Crippen LogP contribution in [-0.2, 0) is 0 Å². The Bertz CT molecular complexity index is 1030. The van der Waals surface area contributed by atoms with Crippen LogP contribution >= 0.6 is 0 Å². The maximum absolute atomic E-state index is 12.6. The van der Waals surface area contributed by atoms with Crippen molar-refractivity contribution < 1.29 is 9.52 Å². The molecule has 0 aliphatic rings. The monoisotopic (exact) mass is 317 g/mol. The van der Waals surface area contributed by atoms with Crippen LogP contribution < -0.4 is 4.73 Å². The number of pyridine rings is 2. The molecule has 0 aliphatic heterocycles. The van der Waals surface area contributed by atoms with Crippen LogP contribution in [0.2, 0.25) is 0 Å². The lowest BCUT2D eigenvalue weighted by molar-refractivity contribution is -0.605. The van der Waals surface area contributed by atoms with Gasteiger partial charge in [0, 0.05) is 30.1 Å². The molecule has 0 aliphatic carbocycles. The first-order valence-corrected chi connectivity index (χ1v) is 7.22. The van der Waals surface area contributed by atoms with Gasteiger partial charge in [-0.15, -0.1) is 0 Å². The molecule has 0 unspecified atom stereocenters. The molecule has 0 fully saturated rings. The van der Waals surface area contributed by atoms with E-state index in [-0.39, 0.29) is 5.78 Å². The minimum atomic E-state index is -0.235. The van der Waals surface area contributed by atoms with Crippen LogP contribution in [0.25, 0.3) is 16.9 Å². The molecule has 0 bridgehead atoms. The summed E-state index contributed by atoms with van der Waals surface area (Å²) in [5.74, 6) is -0.235. The predicted molar refractivity (Wildman–Crippen MR) is 85.1 cm³/mol. The van der Waals surface area contributed by atoms with Gasteiger partial charge in [0.2, 0.25) is 5.78 Å². The lowest BCUT2D eigenvalue weighted by Crippen LogP contribution is -2.23. The Morgan fingerprint density at radius 2 is 1.88 bits per heavy atom. The summed E-state index contributed by atoms with van der Waals surface area (Å²) in [5, 5.41) is 15.5. The number of nitrogens with zero attached hydrogens (tertiary/aromatic N) is 5. The molecule has 0 saturated carbocycles. The second kappa shape index (κ2) is 5.54. The Labute approximate surface area is 136 Å². The van der Waals surface area contributed by atoms with Crippen molar-refractivity contribution in [3.63, 3.8) is 0 Å². The van der Waals surface area contributed by atoms with Gasteiger partial charge in [0.1, 0.15) is 5.69 Å². The molecule has 4 heterocycles. The molecule has 0 amide bonds. The lowest BCUT2D eigenvalue weighted by atomic mass is 10.1. The summed E-state index contributed by atoms with van der Waals surface area (Å²) in [6.45, 7) is 0. The number of aromatic nitrogens is 5. The quantitative estimate of drug-likeness (QED) is 0.326. The van der Waals surface area contributed by atoms with E-state index in [1.54, 1.807) is 53.3 Å². The average Bonchev–Trinajstić information content (AvgIpc) is 3.07. The van der Waals surface area contributed by atoms with E-state index < -0.39 is 0 Å². The van der Waals surface area contributed by atoms with Crippen LogP contribution in [0.5, 0.6) is 0 Å². The van der Waals surface area contributed by atoms with Gasteiger partial charge in [0.15, 0.2) is 18.0 Å². The summed E-state index contributed by atoms with van der Waals surface area (Å²) in [5.41, 5.74) is 2.70. The van der Waals surface area contributed by atoms with Crippen LogP contribution in [0, 0.1) is 5.21 Å². The molecule has 116 valence electrons. The van der Waals surface area contributed by atoms with Gasteiger partial charge in [0.25, 0.3) is 0 Å². The number of ketones is 1. The van der Waals surface area contributed by atoms with Gasteiger partial charge in [-0.1, -0.05) is 6.07 Å². The topological polar surface area (TPSA) is 87.1 Å². The fraction of sp³-hybridized carbons (Fsp3) is 0. The average molecular weight is 317 g/mol. The largest absolute Gasteiger partial charge is 0.619 e. The van der Waals surface area contributed by atoms with Crippen molar-refractivity contribution in [1.29, 1.82) is 0 Å². The lowest BCUT2D eigenvalue weighted by Gasteiger charge is -2.04. The summed E-state index contributed by atoms with van der Waals surface area (Å²) in [7, 11) is 0. The molecule has 0 aromatic carbocycles. The van der Waals surface area contributed by atoms with Crippen molar-refractivity contribution >= 4 is 11.4 Å². The van der Waals surface area contributed by atoms with Crippen molar-refractivity contribution in [2.24, 2.45) is 0 Å². The molecular formula is C17H11N5O2.